The highest BCUT2D eigenvalue weighted by Crippen LogP contribution is 2.34. The van der Waals surface area contributed by atoms with Crippen molar-refractivity contribution < 1.29 is 9.21 Å². The summed E-state index contributed by atoms with van der Waals surface area (Å²) in [7, 11) is 0. The Kier molecular flexibility index (Phi) is 5.65. The lowest BCUT2D eigenvalue weighted by atomic mass is 10.1. The highest BCUT2D eigenvalue weighted by atomic mass is 32.2. The molecule has 4 heterocycles. The highest BCUT2D eigenvalue weighted by molar-refractivity contribution is 8.00. The second kappa shape index (κ2) is 8.72. The fourth-order valence-corrected chi connectivity index (χ4v) is 5.65. The number of nitrogens with zero attached hydrogens (tertiary/aromatic N) is 4. The van der Waals surface area contributed by atoms with E-state index in [0.717, 1.165) is 45.5 Å². The van der Waals surface area contributed by atoms with Crippen LogP contribution in [0.3, 0.4) is 0 Å². The smallest absolute Gasteiger partial charge is 0.290 e. The lowest BCUT2D eigenvalue weighted by Gasteiger charge is -2.35. The Bertz CT molecular complexity index is 1200. The van der Waals surface area contributed by atoms with E-state index in [0.29, 0.717) is 24.6 Å². The molecule has 1 aliphatic heterocycles. The number of aromatic nitrogens is 2. The number of hydrogen-bond acceptors (Lipinski definition) is 7. The fourth-order valence-electron chi connectivity index (χ4n) is 3.77. The quantitative estimate of drug-likeness (QED) is 0.405. The molecule has 4 aromatic rings. The zero-order chi connectivity index (χ0) is 21.2. The second-order valence-corrected chi connectivity index (χ2v) is 9.50. The predicted octanol–water partition coefficient (Wildman–Crippen LogP) is 4.85. The highest BCUT2D eigenvalue weighted by Gasteiger charge is 2.28. The number of aryl methyl sites for hydroxylation is 1. The molecule has 1 amide bonds. The summed E-state index contributed by atoms with van der Waals surface area (Å²) in [5.74, 6) is 2.02. The van der Waals surface area contributed by atoms with Crippen molar-refractivity contribution in [3.63, 3.8) is 0 Å². The molecule has 0 saturated carbocycles. The Morgan fingerprint density at radius 1 is 1.13 bits per heavy atom. The van der Waals surface area contributed by atoms with Crippen LogP contribution in [0.25, 0.3) is 11.0 Å². The molecule has 5 rings (SSSR count). The zero-order valence-corrected chi connectivity index (χ0v) is 18.8. The van der Waals surface area contributed by atoms with E-state index in [2.05, 4.69) is 14.9 Å². The number of pyridine rings is 1. The lowest BCUT2D eigenvalue weighted by Crippen LogP contribution is -2.49. The van der Waals surface area contributed by atoms with E-state index in [1.54, 1.807) is 29.3 Å². The molecule has 1 fully saturated rings. The summed E-state index contributed by atoms with van der Waals surface area (Å²) in [6, 6.07) is 13.8. The molecule has 0 spiro atoms. The monoisotopic (exact) mass is 450 g/mol. The Labute approximate surface area is 188 Å². The molecule has 0 bridgehead atoms. The molecule has 3 aromatic heterocycles. The first-order chi connectivity index (χ1) is 15.2. The number of benzene rings is 1. The van der Waals surface area contributed by atoms with Crippen molar-refractivity contribution in [2.75, 3.05) is 31.1 Å². The summed E-state index contributed by atoms with van der Waals surface area (Å²) in [6.45, 7) is 4.79. The van der Waals surface area contributed by atoms with Gasteiger partial charge in [-0.2, -0.15) is 0 Å². The number of thiazole rings is 1. The molecule has 1 aliphatic rings. The van der Waals surface area contributed by atoms with Crippen LogP contribution in [-0.4, -0.2) is 47.0 Å². The van der Waals surface area contributed by atoms with Crippen LogP contribution in [0, 0.1) is 6.92 Å². The molecular formula is C23H22N4O2S2. The van der Waals surface area contributed by atoms with Crippen molar-refractivity contribution in [1.29, 1.82) is 0 Å². The third kappa shape index (κ3) is 4.18. The van der Waals surface area contributed by atoms with E-state index in [9.17, 15) is 4.79 Å². The SMILES string of the molecule is Cc1csc(SCc2c(C(=O)N3CCN(c4ccccn4)CC3)oc3ccccc23)n1. The molecule has 0 radical (unpaired) electrons. The molecule has 0 N–H and O–H groups in total. The maximum absolute atomic E-state index is 13.4. The predicted molar refractivity (Wildman–Crippen MR) is 125 cm³/mol. The number of para-hydroxylation sites is 1. The van der Waals surface area contributed by atoms with Gasteiger partial charge in [-0.05, 0) is 25.1 Å². The van der Waals surface area contributed by atoms with Gasteiger partial charge in [0.2, 0.25) is 0 Å². The lowest BCUT2D eigenvalue weighted by molar-refractivity contribution is 0.0715. The molecule has 1 saturated heterocycles. The summed E-state index contributed by atoms with van der Waals surface area (Å²) in [5.41, 5.74) is 2.72. The first-order valence-electron chi connectivity index (χ1n) is 10.2. The van der Waals surface area contributed by atoms with Gasteiger partial charge in [-0.1, -0.05) is 36.0 Å². The minimum Gasteiger partial charge on any atom is -0.451 e. The van der Waals surface area contributed by atoms with E-state index in [1.807, 2.05) is 59.7 Å². The molecule has 0 unspecified atom stereocenters. The van der Waals surface area contributed by atoms with Gasteiger partial charge in [0.1, 0.15) is 15.7 Å². The van der Waals surface area contributed by atoms with Crippen molar-refractivity contribution in [2.24, 2.45) is 0 Å². The Morgan fingerprint density at radius 3 is 2.68 bits per heavy atom. The van der Waals surface area contributed by atoms with Crippen LogP contribution in [-0.2, 0) is 5.75 Å². The first-order valence-corrected chi connectivity index (χ1v) is 12.1. The van der Waals surface area contributed by atoms with E-state index in [-0.39, 0.29) is 5.91 Å². The summed E-state index contributed by atoms with van der Waals surface area (Å²) in [5, 5.41) is 3.04. The van der Waals surface area contributed by atoms with Gasteiger partial charge in [0, 0.05) is 60.2 Å². The van der Waals surface area contributed by atoms with Gasteiger partial charge in [-0.15, -0.1) is 11.3 Å². The molecule has 31 heavy (non-hydrogen) atoms. The molecule has 0 aliphatic carbocycles. The van der Waals surface area contributed by atoms with Crippen LogP contribution >= 0.6 is 23.1 Å². The third-order valence-corrected chi connectivity index (χ3v) is 7.54. The average molecular weight is 451 g/mol. The number of furan rings is 1. The average Bonchev–Trinajstić information content (AvgIpc) is 3.41. The summed E-state index contributed by atoms with van der Waals surface area (Å²) >= 11 is 3.28. The fraction of sp³-hybridized carbons (Fsp3) is 0.261. The number of thioether (sulfide) groups is 1. The second-order valence-electron chi connectivity index (χ2n) is 7.42. The van der Waals surface area contributed by atoms with Crippen molar-refractivity contribution in [1.82, 2.24) is 14.9 Å². The van der Waals surface area contributed by atoms with Crippen LogP contribution < -0.4 is 4.90 Å². The summed E-state index contributed by atoms with van der Waals surface area (Å²) < 4.78 is 7.08. The molecule has 6 nitrogen and oxygen atoms in total. The van der Waals surface area contributed by atoms with Crippen LogP contribution in [0.4, 0.5) is 5.82 Å². The molecule has 158 valence electrons. The largest absolute Gasteiger partial charge is 0.451 e. The number of hydrogen-bond donors (Lipinski definition) is 0. The first kappa shape index (κ1) is 20.1. The van der Waals surface area contributed by atoms with E-state index in [1.165, 1.54) is 0 Å². The van der Waals surface area contributed by atoms with E-state index >= 15 is 0 Å². The maximum atomic E-state index is 13.4. The van der Waals surface area contributed by atoms with Crippen molar-refractivity contribution in [2.45, 2.75) is 17.0 Å². The normalized spacial score (nSPS) is 14.4. The standard InChI is InChI=1S/C23H22N4O2S2/c1-16-14-30-23(25-16)31-15-18-17-6-2-3-7-19(17)29-21(18)22(28)27-12-10-26(11-13-27)20-8-4-5-9-24-20/h2-9,14H,10-13,15H2,1H3. The van der Waals surface area contributed by atoms with Gasteiger partial charge in [0.05, 0.1) is 0 Å². The van der Waals surface area contributed by atoms with Crippen molar-refractivity contribution in [3.8, 4) is 0 Å². The van der Waals surface area contributed by atoms with Crippen LogP contribution in [0.1, 0.15) is 21.8 Å². The van der Waals surface area contributed by atoms with Gasteiger partial charge >= 0.3 is 0 Å². The topological polar surface area (TPSA) is 62.5 Å². The number of fused-ring (bicyclic) bond motifs is 1. The van der Waals surface area contributed by atoms with Gasteiger partial charge in [-0.25, -0.2) is 9.97 Å². The molecule has 8 heteroatoms. The Hall–Kier alpha value is -2.84. The van der Waals surface area contributed by atoms with E-state index < -0.39 is 0 Å². The van der Waals surface area contributed by atoms with Crippen molar-refractivity contribution in [3.05, 3.63) is 71.1 Å². The maximum Gasteiger partial charge on any atom is 0.290 e. The minimum atomic E-state index is -0.0391. The van der Waals surface area contributed by atoms with Crippen LogP contribution in [0.2, 0.25) is 0 Å². The third-order valence-electron chi connectivity index (χ3n) is 5.37. The summed E-state index contributed by atoms with van der Waals surface area (Å²) in [6.07, 6.45) is 1.80. The van der Waals surface area contributed by atoms with Crippen LogP contribution in [0.5, 0.6) is 0 Å². The number of piperazine rings is 1. The summed E-state index contributed by atoms with van der Waals surface area (Å²) in [4.78, 5) is 26.5. The van der Waals surface area contributed by atoms with Crippen molar-refractivity contribution >= 4 is 45.8 Å². The van der Waals surface area contributed by atoms with E-state index in [4.69, 9.17) is 4.42 Å². The number of carbonyl (C=O) groups excluding carboxylic acids is 1. The molecule has 0 atom stereocenters. The molecular weight excluding hydrogens is 428 g/mol. The van der Waals surface area contributed by atoms with Gasteiger partial charge in [-0.3, -0.25) is 4.79 Å². The van der Waals surface area contributed by atoms with Gasteiger partial charge < -0.3 is 14.2 Å². The molecule has 1 aromatic carbocycles. The number of rotatable bonds is 5. The van der Waals surface area contributed by atoms with Gasteiger partial charge in [0.25, 0.3) is 5.91 Å². The van der Waals surface area contributed by atoms with Crippen LogP contribution in [0.15, 0.2) is 62.8 Å². The zero-order valence-electron chi connectivity index (χ0n) is 17.2. The number of carbonyl (C=O) groups is 1. The Morgan fingerprint density at radius 2 is 1.94 bits per heavy atom. The Balaban J connectivity index is 1.36. The van der Waals surface area contributed by atoms with Gasteiger partial charge in [0.15, 0.2) is 5.76 Å². The number of amides is 1. The minimum absolute atomic E-state index is 0.0391. The number of anilines is 1.